The van der Waals surface area contributed by atoms with Gasteiger partial charge in [0.25, 0.3) is 0 Å². The number of carbonyl (C=O) groups excluding carboxylic acids is 1. The summed E-state index contributed by atoms with van der Waals surface area (Å²) in [5.74, 6) is -1.90. The fourth-order valence-corrected chi connectivity index (χ4v) is 3.78. The van der Waals surface area contributed by atoms with Crippen molar-refractivity contribution < 1.29 is 14.7 Å². The monoisotopic (exact) mass is 285 g/mol. The molecule has 1 fully saturated rings. The minimum Gasteiger partial charge on any atom is -0.481 e. The Bertz CT molecular complexity index is 622. The van der Waals surface area contributed by atoms with Crippen LogP contribution in [0, 0.1) is 30.6 Å². The topological polar surface area (TPSA) is 57.6 Å². The molecule has 4 heteroatoms. The molecule has 0 aromatic heterocycles. The molecule has 4 unspecified atom stereocenters. The molecule has 1 saturated carbocycles. The van der Waals surface area contributed by atoms with Crippen molar-refractivity contribution in [3.8, 4) is 0 Å². The first kappa shape index (κ1) is 13.9. The molecule has 3 rings (SSSR count). The number of anilines is 1. The number of fused-ring (bicyclic) bond motifs is 2. The number of hydrogen-bond acceptors (Lipinski definition) is 2. The smallest absolute Gasteiger partial charge is 0.307 e. The highest BCUT2D eigenvalue weighted by atomic mass is 16.4. The van der Waals surface area contributed by atoms with Crippen molar-refractivity contribution in [2.45, 2.75) is 13.3 Å². The molecule has 4 atom stereocenters. The van der Waals surface area contributed by atoms with Crippen molar-refractivity contribution in [1.82, 2.24) is 0 Å². The summed E-state index contributed by atoms with van der Waals surface area (Å²) in [6.07, 6.45) is 4.76. The van der Waals surface area contributed by atoms with E-state index in [2.05, 4.69) is 0 Å². The number of carboxylic acid groups (broad SMARTS) is 1. The van der Waals surface area contributed by atoms with Gasteiger partial charge in [-0.25, -0.2) is 0 Å². The SMILES string of the molecule is Cc1ccccc1N(C)C(=O)C1C2C=CC(C2)C1C(=O)O. The lowest BCUT2D eigenvalue weighted by Gasteiger charge is -2.29. The number of benzene rings is 1. The average molecular weight is 285 g/mol. The van der Waals surface area contributed by atoms with Gasteiger partial charge in [-0.2, -0.15) is 0 Å². The lowest BCUT2D eigenvalue weighted by atomic mass is 9.82. The van der Waals surface area contributed by atoms with Crippen LogP contribution in [0.3, 0.4) is 0 Å². The van der Waals surface area contributed by atoms with Gasteiger partial charge in [-0.05, 0) is 36.8 Å². The fraction of sp³-hybridized carbons (Fsp3) is 0.412. The summed E-state index contributed by atoms with van der Waals surface area (Å²) < 4.78 is 0. The number of aryl methyl sites for hydroxylation is 1. The van der Waals surface area contributed by atoms with Gasteiger partial charge in [0.15, 0.2) is 0 Å². The summed E-state index contributed by atoms with van der Waals surface area (Å²) in [4.78, 5) is 26.0. The Morgan fingerprint density at radius 2 is 1.76 bits per heavy atom. The number of aliphatic carboxylic acids is 1. The molecule has 1 aromatic rings. The fourth-order valence-electron chi connectivity index (χ4n) is 3.78. The molecule has 0 spiro atoms. The van der Waals surface area contributed by atoms with Crippen molar-refractivity contribution in [3.05, 3.63) is 42.0 Å². The second-order valence-corrected chi connectivity index (χ2v) is 6.02. The summed E-state index contributed by atoms with van der Waals surface area (Å²) in [6.45, 7) is 1.95. The van der Waals surface area contributed by atoms with E-state index in [9.17, 15) is 14.7 Å². The maximum absolute atomic E-state index is 12.8. The standard InChI is InChI=1S/C17H19NO3/c1-10-5-3-4-6-13(10)18(2)16(19)14-11-7-8-12(9-11)15(14)17(20)21/h3-8,11-12,14-15H,9H2,1-2H3,(H,20,21). The van der Waals surface area contributed by atoms with Gasteiger partial charge in [0.1, 0.15) is 0 Å². The second kappa shape index (κ2) is 5.02. The number of rotatable bonds is 3. The summed E-state index contributed by atoms with van der Waals surface area (Å²) in [7, 11) is 1.74. The molecule has 2 bridgehead atoms. The van der Waals surface area contributed by atoms with E-state index in [4.69, 9.17) is 0 Å². The Morgan fingerprint density at radius 3 is 2.38 bits per heavy atom. The molecule has 0 aliphatic heterocycles. The normalized spacial score (nSPS) is 29.6. The maximum atomic E-state index is 12.8. The van der Waals surface area contributed by atoms with Crippen LogP contribution >= 0.6 is 0 Å². The van der Waals surface area contributed by atoms with E-state index in [0.29, 0.717) is 0 Å². The van der Waals surface area contributed by atoms with Crippen molar-refractivity contribution in [3.63, 3.8) is 0 Å². The highest BCUT2D eigenvalue weighted by Gasteiger charge is 2.52. The van der Waals surface area contributed by atoms with Crippen LogP contribution in [0.4, 0.5) is 5.69 Å². The Kier molecular flexibility index (Phi) is 3.32. The van der Waals surface area contributed by atoms with Gasteiger partial charge in [0, 0.05) is 12.7 Å². The van der Waals surface area contributed by atoms with Crippen LogP contribution in [0.5, 0.6) is 0 Å². The van der Waals surface area contributed by atoms with Gasteiger partial charge in [-0.1, -0.05) is 30.4 Å². The van der Waals surface area contributed by atoms with Crippen molar-refractivity contribution in [2.75, 3.05) is 11.9 Å². The Balaban J connectivity index is 1.90. The molecule has 1 aromatic carbocycles. The van der Waals surface area contributed by atoms with Crippen LogP contribution in [-0.2, 0) is 9.59 Å². The van der Waals surface area contributed by atoms with Gasteiger partial charge in [-0.3, -0.25) is 9.59 Å². The molecule has 1 amide bonds. The summed E-state index contributed by atoms with van der Waals surface area (Å²) in [5.41, 5.74) is 1.86. The maximum Gasteiger partial charge on any atom is 0.307 e. The summed E-state index contributed by atoms with van der Waals surface area (Å²) in [6, 6.07) is 7.67. The van der Waals surface area contributed by atoms with E-state index < -0.39 is 17.8 Å². The molecule has 0 saturated heterocycles. The number of para-hydroxylation sites is 1. The minimum absolute atomic E-state index is 0.00622. The van der Waals surface area contributed by atoms with Gasteiger partial charge in [0.05, 0.1) is 11.8 Å². The molecule has 2 aliphatic carbocycles. The molecular weight excluding hydrogens is 266 g/mol. The van der Waals surface area contributed by atoms with Crippen molar-refractivity contribution >= 4 is 17.6 Å². The zero-order valence-corrected chi connectivity index (χ0v) is 12.2. The lowest BCUT2D eigenvalue weighted by molar-refractivity contribution is -0.147. The number of carboxylic acids is 1. The van der Waals surface area contributed by atoms with Gasteiger partial charge in [-0.15, -0.1) is 0 Å². The predicted molar refractivity (Wildman–Crippen MR) is 79.9 cm³/mol. The van der Waals surface area contributed by atoms with Gasteiger partial charge in [0.2, 0.25) is 5.91 Å². The van der Waals surface area contributed by atoms with Crippen LogP contribution in [0.25, 0.3) is 0 Å². The van der Waals surface area contributed by atoms with E-state index >= 15 is 0 Å². The van der Waals surface area contributed by atoms with Crippen LogP contribution in [0.1, 0.15) is 12.0 Å². The quantitative estimate of drug-likeness (QED) is 0.868. The zero-order chi connectivity index (χ0) is 15.1. The average Bonchev–Trinajstić information content (AvgIpc) is 3.06. The Hall–Kier alpha value is -2.10. The van der Waals surface area contributed by atoms with Gasteiger partial charge < -0.3 is 10.0 Å². The third-order valence-corrected chi connectivity index (χ3v) is 4.84. The summed E-state index contributed by atoms with van der Waals surface area (Å²) in [5, 5.41) is 9.46. The highest BCUT2D eigenvalue weighted by Crippen LogP contribution is 2.49. The molecule has 4 nitrogen and oxygen atoms in total. The molecular formula is C17H19NO3. The minimum atomic E-state index is -0.858. The highest BCUT2D eigenvalue weighted by molar-refractivity contribution is 5.98. The molecule has 0 radical (unpaired) electrons. The van der Waals surface area contributed by atoms with E-state index in [-0.39, 0.29) is 17.7 Å². The van der Waals surface area contributed by atoms with Crippen LogP contribution < -0.4 is 4.90 Å². The van der Waals surface area contributed by atoms with Crippen LogP contribution in [0.15, 0.2) is 36.4 Å². The van der Waals surface area contributed by atoms with Crippen LogP contribution in [0.2, 0.25) is 0 Å². The lowest BCUT2D eigenvalue weighted by Crippen LogP contribution is -2.41. The zero-order valence-electron chi connectivity index (χ0n) is 12.2. The first-order valence-corrected chi connectivity index (χ1v) is 7.25. The van der Waals surface area contributed by atoms with E-state index in [1.807, 2.05) is 43.3 Å². The number of allylic oxidation sites excluding steroid dienone is 2. The molecule has 0 heterocycles. The molecule has 2 aliphatic rings. The van der Waals surface area contributed by atoms with Crippen LogP contribution in [-0.4, -0.2) is 24.0 Å². The van der Waals surface area contributed by atoms with Crippen molar-refractivity contribution in [2.24, 2.45) is 23.7 Å². The second-order valence-electron chi connectivity index (χ2n) is 6.02. The molecule has 1 N–H and O–H groups in total. The first-order chi connectivity index (χ1) is 10.0. The number of amides is 1. The number of hydrogen-bond donors (Lipinski definition) is 1. The number of carbonyl (C=O) groups is 2. The van der Waals surface area contributed by atoms with E-state index in [1.54, 1.807) is 11.9 Å². The Labute approximate surface area is 124 Å². The Morgan fingerprint density at radius 1 is 1.14 bits per heavy atom. The van der Waals surface area contributed by atoms with Gasteiger partial charge >= 0.3 is 5.97 Å². The number of nitrogens with zero attached hydrogens (tertiary/aromatic N) is 1. The van der Waals surface area contributed by atoms with E-state index in [1.165, 1.54) is 0 Å². The largest absolute Gasteiger partial charge is 0.481 e. The molecule has 110 valence electrons. The molecule has 21 heavy (non-hydrogen) atoms. The van der Waals surface area contributed by atoms with Crippen molar-refractivity contribution in [1.29, 1.82) is 0 Å². The summed E-state index contributed by atoms with van der Waals surface area (Å²) >= 11 is 0. The predicted octanol–water partition coefficient (Wildman–Crippen LogP) is 2.48. The third-order valence-electron chi connectivity index (χ3n) is 4.84. The first-order valence-electron chi connectivity index (χ1n) is 7.25. The third kappa shape index (κ3) is 2.15. The van der Waals surface area contributed by atoms with E-state index in [0.717, 1.165) is 17.7 Å².